The van der Waals surface area contributed by atoms with Gasteiger partial charge in [-0.05, 0) is 22.0 Å². The molecule has 0 amide bonds. The monoisotopic (exact) mass is 302 g/mol. The van der Waals surface area contributed by atoms with Gasteiger partial charge in [-0.3, -0.25) is 4.79 Å². The number of carboxylic acids is 1. The smallest absolute Gasteiger partial charge is 0.397 e. The van der Waals surface area contributed by atoms with E-state index in [4.69, 9.17) is 5.11 Å². The highest BCUT2D eigenvalue weighted by Gasteiger charge is 2.42. The van der Waals surface area contributed by atoms with E-state index in [1.807, 2.05) is 0 Å². The van der Waals surface area contributed by atoms with Gasteiger partial charge < -0.3 is 5.11 Å². The predicted octanol–water partition coefficient (Wildman–Crippen LogP) is 3.63. The van der Waals surface area contributed by atoms with Crippen molar-refractivity contribution in [2.45, 2.75) is 18.5 Å². The molecule has 0 radical (unpaired) electrons. The fourth-order valence-electron chi connectivity index (χ4n) is 1.06. The average molecular weight is 303 g/mol. The van der Waals surface area contributed by atoms with Crippen LogP contribution in [0.1, 0.15) is 17.2 Å². The number of rotatable bonds is 3. The van der Waals surface area contributed by atoms with E-state index in [2.05, 4.69) is 15.9 Å². The van der Waals surface area contributed by atoms with Gasteiger partial charge in [-0.25, -0.2) is 0 Å². The van der Waals surface area contributed by atoms with Crippen LogP contribution in [0, 0.1) is 0 Å². The van der Waals surface area contributed by atoms with Gasteiger partial charge in [-0.15, -0.1) is 11.3 Å². The van der Waals surface area contributed by atoms with Gasteiger partial charge in [-0.2, -0.15) is 13.2 Å². The average Bonchev–Trinajstić information content (AvgIpc) is 2.45. The van der Waals surface area contributed by atoms with Crippen LogP contribution in [-0.2, 0) is 4.79 Å². The number of hydrogen-bond donors (Lipinski definition) is 1. The topological polar surface area (TPSA) is 37.3 Å². The highest BCUT2D eigenvalue weighted by molar-refractivity contribution is 9.10. The van der Waals surface area contributed by atoms with Crippen LogP contribution in [0.15, 0.2) is 15.9 Å². The maximum Gasteiger partial charge on any atom is 0.397 e. The van der Waals surface area contributed by atoms with Crippen LogP contribution < -0.4 is 0 Å². The molecule has 1 rings (SSSR count). The van der Waals surface area contributed by atoms with Crippen molar-refractivity contribution in [2.75, 3.05) is 0 Å². The van der Waals surface area contributed by atoms with E-state index in [1.165, 1.54) is 11.4 Å². The normalized spacial score (nSPS) is 13.9. The molecule has 0 aliphatic rings. The summed E-state index contributed by atoms with van der Waals surface area (Å²) in [7, 11) is 0. The zero-order valence-corrected chi connectivity index (χ0v) is 9.62. The summed E-state index contributed by atoms with van der Waals surface area (Å²) in [5, 5.41) is 9.90. The van der Waals surface area contributed by atoms with E-state index >= 15 is 0 Å². The van der Waals surface area contributed by atoms with Crippen LogP contribution in [0.2, 0.25) is 0 Å². The molecule has 0 saturated heterocycles. The summed E-state index contributed by atoms with van der Waals surface area (Å²) < 4.78 is 38.0. The molecule has 0 spiro atoms. The zero-order chi connectivity index (χ0) is 11.6. The van der Waals surface area contributed by atoms with Crippen molar-refractivity contribution in [3.63, 3.8) is 0 Å². The van der Waals surface area contributed by atoms with Gasteiger partial charge in [0.2, 0.25) is 0 Å². The van der Waals surface area contributed by atoms with Gasteiger partial charge in [0.15, 0.2) is 0 Å². The van der Waals surface area contributed by atoms with Gasteiger partial charge in [0.25, 0.3) is 0 Å². The SMILES string of the molecule is O=C(O)CC(c1cc(Br)cs1)C(F)(F)F. The minimum atomic E-state index is -4.53. The minimum Gasteiger partial charge on any atom is -0.481 e. The number of hydrogen-bond acceptors (Lipinski definition) is 2. The number of aliphatic carboxylic acids is 1. The van der Waals surface area contributed by atoms with Crippen LogP contribution in [0.4, 0.5) is 13.2 Å². The van der Waals surface area contributed by atoms with Crippen LogP contribution >= 0.6 is 27.3 Å². The maximum atomic E-state index is 12.5. The first-order valence-electron chi connectivity index (χ1n) is 3.83. The van der Waals surface area contributed by atoms with E-state index < -0.39 is 24.5 Å². The molecule has 2 nitrogen and oxygen atoms in total. The van der Waals surface area contributed by atoms with Crippen LogP contribution in [0.25, 0.3) is 0 Å². The Balaban J connectivity index is 2.96. The van der Waals surface area contributed by atoms with E-state index in [1.54, 1.807) is 0 Å². The summed E-state index contributed by atoms with van der Waals surface area (Å²) in [6.07, 6.45) is -5.46. The van der Waals surface area contributed by atoms with E-state index in [0.29, 0.717) is 4.47 Å². The van der Waals surface area contributed by atoms with Crippen molar-refractivity contribution in [3.05, 3.63) is 20.8 Å². The largest absolute Gasteiger partial charge is 0.481 e. The molecule has 0 fully saturated rings. The number of carbonyl (C=O) groups is 1. The van der Waals surface area contributed by atoms with Gasteiger partial charge in [0.1, 0.15) is 0 Å². The van der Waals surface area contributed by atoms with E-state index in [0.717, 1.165) is 11.3 Å². The molecule has 0 aliphatic carbocycles. The number of thiophene rings is 1. The van der Waals surface area contributed by atoms with Gasteiger partial charge in [0, 0.05) is 14.7 Å². The fourth-order valence-corrected chi connectivity index (χ4v) is 2.63. The Labute approximate surface area is 95.9 Å². The molecule has 0 aliphatic heterocycles. The second-order valence-corrected chi connectivity index (χ2v) is 4.72. The lowest BCUT2D eigenvalue weighted by Crippen LogP contribution is -2.22. The van der Waals surface area contributed by atoms with Crippen molar-refractivity contribution in [1.29, 1.82) is 0 Å². The first kappa shape index (κ1) is 12.5. The summed E-state index contributed by atoms with van der Waals surface area (Å²) >= 11 is 3.93. The van der Waals surface area contributed by atoms with Gasteiger partial charge in [0.05, 0.1) is 12.3 Å². The zero-order valence-electron chi connectivity index (χ0n) is 7.21. The number of halogens is 4. The summed E-state index contributed by atoms with van der Waals surface area (Å²) in [5.41, 5.74) is 0. The summed E-state index contributed by atoms with van der Waals surface area (Å²) in [5.74, 6) is -3.38. The Kier molecular flexibility index (Phi) is 3.77. The molecule has 84 valence electrons. The molecule has 0 bridgehead atoms. The maximum absolute atomic E-state index is 12.5. The Morgan fingerprint density at radius 3 is 2.53 bits per heavy atom. The minimum absolute atomic E-state index is 0.0109. The quantitative estimate of drug-likeness (QED) is 0.926. The lowest BCUT2D eigenvalue weighted by Gasteiger charge is -2.16. The number of alkyl halides is 3. The third-order valence-corrected chi connectivity index (χ3v) is 3.51. The van der Waals surface area contributed by atoms with Crippen molar-refractivity contribution in [1.82, 2.24) is 0 Å². The second-order valence-electron chi connectivity index (χ2n) is 2.86. The van der Waals surface area contributed by atoms with Gasteiger partial charge >= 0.3 is 12.1 Å². The Bertz CT molecular complexity index is 361. The number of carboxylic acid groups (broad SMARTS) is 1. The van der Waals surface area contributed by atoms with Crippen molar-refractivity contribution in [3.8, 4) is 0 Å². The molecular formula is C8H6BrF3O2S. The van der Waals surface area contributed by atoms with Crippen molar-refractivity contribution in [2.24, 2.45) is 0 Å². The Morgan fingerprint density at radius 1 is 1.60 bits per heavy atom. The second kappa shape index (κ2) is 4.52. The molecule has 1 atom stereocenters. The van der Waals surface area contributed by atoms with Crippen LogP contribution in [0.3, 0.4) is 0 Å². The Morgan fingerprint density at radius 2 is 2.20 bits per heavy atom. The molecule has 7 heteroatoms. The molecule has 0 aromatic carbocycles. The fraction of sp³-hybridized carbons (Fsp3) is 0.375. The highest BCUT2D eigenvalue weighted by Crippen LogP contribution is 2.40. The molecule has 1 unspecified atom stereocenters. The van der Waals surface area contributed by atoms with Crippen LogP contribution in [0.5, 0.6) is 0 Å². The third-order valence-electron chi connectivity index (χ3n) is 1.71. The standard InChI is InChI=1S/C8H6BrF3O2S/c9-4-1-6(15-3-4)5(2-7(13)14)8(10,11)12/h1,3,5H,2H2,(H,13,14). The molecule has 1 aromatic rings. The highest BCUT2D eigenvalue weighted by atomic mass is 79.9. The van der Waals surface area contributed by atoms with E-state index in [-0.39, 0.29) is 4.88 Å². The lowest BCUT2D eigenvalue weighted by atomic mass is 10.0. The molecule has 1 heterocycles. The first-order valence-corrected chi connectivity index (χ1v) is 5.50. The molecule has 15 heavy (non-hydrogen) atoms. The first-order chi connectivity index (χ1) is 6.80. The molecule has 1 aromatic heterocycles. The molecule has 0 saturated carbocycles. The van der Waals surface area contributed by atoms with Crippen molar-refractivity contribution >= 4 is 33.2 Å². The summed E-state index contributed by atoms with van der Waals surface area (Å²) in [4.78, 5) is 10.3. The molecular weight excluding hydrogens is 297 g/mol. The third kappa shape index (κ3) is 3.49. The van der Waals surface area contributed by atoms with E-state index in [9.17, 15) is 18.0 Å². The van der Waals surface area contributed by atoms with Crippen LogP contribution in [-0.4, -0.2) is 17.3 Å². The van der Waals surface area contributed by atoms with Gasteiger partial charge in [-0.1, -0.05) is 0 Å². The Hall–Kier alpha value is -0.560. The molecule has 1 N–H and O–H groups in total. The lowest BCUT2D eigenvalue weighted by molar-refractivity contribution is -0.162. The van der Waals surface area contributed by atoms with Crippen molar-refractivity contribution < 1.29 is 23.1 Å². The predicted molar refractivity (Wildman–Crippen MR) is 53.1 cm³/mol. The summed E-state index contributed by atoms with van der Waals surface area (Å²) in [6, 6.07) is 1.30. The summed E-state index contributed by atoms with van der Waals surface area (Å²) in [6.45, 7) is 0.